The maximum atomic E-state index is 10.6. The first-order valence-corrected chi connectivity index (χ1v) is 6.20. The number of carboxylic acids is 1. The number of benzene rings is 1. The van der Waals surface area contributed by atoms with E-state index in [2.05, 4.69) is 0 Å². The number of methoxy groups -OCH3 is 1. The predicted octanol–water partition coefficient (Wildman–Crippen LogP) is 1.65. The second kappa shape index (κ2) is 6.54. The lowest BCUT2D eigenvalue weighted by Gasteiger charge is -2.20. The van der Waals surface area contributed by atoms with Gasteiger partial charge in [0.2, 0.25) is 0 Å². The molecule has 2 atom stereocenters. The van der Waals surface area contributed by atoms with Crippen molar-refractivity contribution >= 4 is 5.97 Å². The average Bonchev–Trinajstić information content (AvgIpc) is 2.36. The highest BCUT2D eigenvalue weighted by molar-refractivity contribution is 5.67. The molecule has 0 fully saturated rings. The van der Waals surface area contributed by atoms with Gasteiger partial charge >= 0.3 is 5.97 Å². The Morgan fingerprint density at radius 1 is 1.42 bits per heavy atom. The van der Waals surface area contributed by atoms with Crippen LogP contribution in [-0.2, 0) is 4.79 Å². The molecule has 1 rings (SSSR count). The van der Waals surface area contributed by atoms with Crippen LogP contribution < -0.4 is 10.5 Å². The van der Waals surface area contributed by atoms with E-state index in [0.717, 1.165) is 11.3 Å². The average molecular weight is 267 g/mol. The lowest BCUT2D eigenvalue weighted by atomic mass is 9.94. The molecule has 19 heavy (non-hydrogen) atoms. The molecule has 0 spiro atoms. The Kier molecular flexibility index (Phi) is 5.32. The van der Waals surface area contributed by atoms with Crippen LogP contribution in [0.4, 0.5) is 0 Å². The number of nitrogens with two attached hydrogens (primary N) is 1. The smallest absolute Gasteiger partial charge is 0.305 e. The first-order chi connectivity index (χ1) is 8.86. The van der Waals surface area contributed by atoms with Gasteiger partial charge in [-0.2, -0.15) is 0 Å². The number of aliphatic hydroxyl groups is 1. The first-order valence-electron chi connectivity index (χ1n) is 6.20. The van der Waals surface area contributed by atoms with Gasteiger partial charge in [-0.3, -0.25) is 4.79 Å². The van der Waals surface area contributed by atoms with Crippen LogP contribution in [0.1, 0.15) is 43.4 Å². The van der Waals surface area contributed by atoms with Crippen molar-refractivity contribution in [2.45, 2.75) is 38.3 Å². The summed E-state index contributed by atoms with van der Waals surface area (Å²) in [5.74, 6) is -0.0419. The fourth-order valence-corrected chi connectivity index (χ4v) is 1.95. The number of hydrogen-bond acceptors (Lipinski definition) is 4. The lowest BCUT2D eigenvalue weighted by Crippen LogP contribution is -2.31. The Morgan fingerprint density at radius 2 is 2.05 bits per heavy atom. The molecule has 0 aliphatic rings. The molecule has 106 valence electrons. The van der Waals surface area contributed by atoms with E-state index in [0.29, 0.717) is 5.56 Å². The summed E-state index contributed by atoms with van der Waals surface area (Å²) in [6.45, 7) is 4.04. The molecular weight excluding hydrogens is 246 g/mol. The number of carbonyl (C=O) groups is 1. The molecule has 1 aromatic rings. The van der Waals surface area contributed by atoms with Crippen LogP contribution in [-0.4, -0.2) is 29.3 Å². The Hall–Kier alpha value is -1.59. The summed E-state index contributed by atoms with van der Waals surface area (Å²) >= 11 is 0. The Labute approximate surface area is 113 Å². The van der Waals surface area contributed by atoms with E-state index >= 15 is 0 Å². The van der Waals surface area contributed by atoms with Crippen LogP contribution in [0.2, 0.25) is 0 Å². The van der Waals surface area contributed by atoms with Gasteiger partial charge in [-0.05, 0) is 29.2 Å². The van der Waals surface area contributed by atoms with Crippen molar-refractivity contribution in [1.82, 2.24) is 0 Å². The van der Waals surface area contributed by atoms with E-state index in [-0.39, 0.29) is 12.3 Å². The molecule has 1 aromatic carbocycles. The van der Waals surface area contributed by atoms with Crippen molar-refractivity contribution in [1.29, 1.82) is 0 Å². The largest absolute Gasteiger partial charge is 0.496 e. The number of ether oxygens (including phenoxy) is 1. The van der Waals surface area contributed by atoms with Gasteiger partial charge in [-0.15, -0.1) is 0 Å². The third-order valence-corrected chi connectivity index (χ3v) is 3.03. The van der Waals surface area contributed by atoms with Crippen LogP contribution in [0.3, 0.4) is 0 Å². The second-order valence-electron chi connectivity index (χ2n) is 4.86. The third-order valence-electron chi connectivity index (χ3n) is 3.03. The summed E-state index contributed by atoms with van der Waals surface area (Å²) in [5.41, 5.74) is 7.25. The van der Waals surface area contributed by atoms with Gasteiger partial charge in [-0.25, -0.2) is 0 Å². The molecule has 0 saturated carbocycles. The van der Waals surface area contributed by atoms with Crippen LogP contribution in [0, 0.1) is 0 Å². The summed E-state index contributed by atoms with van der Waals surface area (Å²) in [5, 5.41) is 18.8. The lowest BCUT2D eigenvalue weighted by molar-refractivity contribution is -0.138. The normalized spacial score (nSPS) is 14.2. The summed E-state index contributed by atoms with van der Waals surface area (Å²) < 4.78 is 5.26. The highest BCUT2D eigenvalue weighted by Crippen LogP contribution is 2.30. The minimum atomic E-state index is -1.02. The van der Waals surface area contributed by atoms with E-state index in [4.69, 9.17) is 15.6 Å². The molecule has 0 bridgehead atoms. The van der Waals surface area contributed by atoms with Crippen molar-refractivity contribution in [2.24, 2.45) is 5.73 Å². The molecule has 0 radical (unpaired) electrons. The summed E-state index contributed by atoms with van der Waals surface area (Å²) in [4.78, 5) is 10.6. The molecule has 0 aliphatic carbocycles. The number of aliphatic carboxylic acids is 1. The van der Waals surface area contributed by atoms with Gasteiger partial charge in [0.1, 0.15) is 5.75 Å². The van der Waals surface area contributed by atoms with Crippen LogP contribution in [0.5, 0.6) is 5.75 Å². The number of carboxylic acid groups (broad SMARTS) is 1. The third kappa shape index (κ3) is 3.94. The first kappa shape index (κ1) is 15.5. The Bertz CT molecular complexity index is 445. The Morgan fingerprint density at radius 3 is 2.53 bits per heavy atom. The van der Waals surface area contributed by atoms with E-state index in [1.54, 1.807) is 19.2 Å². The minimum Gasteiger partial charge on any atom is -0.496 e. The van der Waals surface area contributed by atoms with Crippen LogP contribution in [0.25, 0.3) is 0 Å². The predicted molar refractivity (Wildman–Crippen MR) is 72.3 cm³/mol. The molecule has 4 N–H and O–H groups in total. The number of rotatable bonds is 6. The summed E-state index contributed by atoms with van der Waals surface area (Å²) in [7, 11) is 1.59. The maximum absolute atomic E-state index is 10.6. The second-order valence-corrected chi connectivity index (χ2v) is 4.86. The van der Waals surface area contributed by atoms with Crippen molar-refractivity contribution in [3.05, 3.63) is 29.3 Å². The zero-order valence-electron chi connectivity index (χ0n) is 11.5. The molecule has 0 heterocycles. The molecule has 5 nitrogen and oxygen atoms in total. The van der Waals surface area contributed by atoms with Gasteiger partial charge < -0.3 is 20.7 Å². The SMILES string of the molecule is COc1ccc(C(O)C(N)CC(=O)O)cc1C(C)C. The van der Waals surface area contributed by atoms with E-state index in [9.17, 15) is 9.90 Å². The summed E-state index contributed by atoms with van der Waals surface area (Å²) in [6, 6.07) is 4.46. The van der Waals surface area contributed by atoms with Gasteiger partial charge in [0.15, 0.2) is 0 Å². The molecule has 0 saturated heterocycles. The minimum absolute atomic E-state index is 0.234. The zero-order chi connectivity index (χ0) is 14.6. The monoisotopic (exact) mass is 267 g/mol. The van der Waals surface area contributed by atoms with Gasteiger partial charge in [0.25, 0.3) is 0 Å². The van der Waals surface area contributed by atoms with Crippen molar-refractivity contribution in [2.75, 3.05) is 7.11 Å². The van der Waals surface area contributed by atoms with Crippen molar-refractivity contribution < 1.29 is 19.7 Å². The number of hydrogen-bond donors (Lipinski definition) is 3. The molecular formula is C14H21NO4. The van der Waals surface area contributed by atoms with Crippen molar-refractivity contribution in [3.63, 3.8) is 0 Å². The molecule has 0 aliphatic heterocycles. The standard InChI is InChI=1S/C14H21NO4/c1-8(2)10-6-9(4-5-12(10)19-3)14(18)11(15)7-13(16)17/h4-6,8,11,14,18H,7,15H2,1-3H3,(H,16,17). The van der Waals surface area contributed by atoms with E-state index in [1.165, 1.54) is 0 Å². The van der Waals surface area contributed by atoms with Gasteiger partial charge in [0.05, 0.1) is 19.6 Å². The summed E-state index contributed by atoms with van der Waals surface area (Å²) in [6.07, 6.45) is -1.27. The topological polar surface area (TPSA) is 92.8 Å². The van der Waals surface area contributed by atoms with Gasteiger partial charge in [-0.1, -0.05) is 19.9 Å². The highest BCUT2D eigenvalue weighted by atomic mass is 16.5. The highest BCUT2D eigenvalue weighted by Gasteiger charge is 2.21. The molecule has 2 unspecified atom stereocenters. The fourth-order valence-electron chi connectivity index (χ4n) is 1.95. The van der Waals surface area contributed by atoms with Gasteiger partial charge in [0, 0.05) is 6.04 Å². The van der Waals surface area contributed by atoms with Crippen LogP contribution in [0.15, 0.2) is 18.2 Å². The molecule has 0 aromatic heterocycles. The quantitative estimate of drug-likeness (QED) is 0.728. The van der Waals surface area contributed by atoms with E-state index in [1.807, 2.05) is 19.9 Å². The number of aliphatic hydroxyl groups excluding tert-OH is 1. The zero-order valence-corrected chi connectivity index (χ0v) is 11.5. The Balaban J connectivity index is 3.01. The molecule has 5 heteroatoms. The molecule has 0 amide bonds. The van der Waals surface area contributed by atoms with E-state index < -0.39 is 18.1 Å². The van der Waals surface area contributed by atoms with Crippen LogP contribution >= 0.6 is 0 Å². The maximum Gasteiger partial charge on any atom is 0.305 e. The fraction of sp³-hybridized carbons (Fsp3) is 0.500. The van der Waals surface area contributed by atoms with Crippen molar-refractivity contribution in [3.8, 4) is 5.75 Å².